The van der Waals surface area contributed by atoms with E-state index in [-0.39, 0.29) is 17.6 Å². The zero-order valence-electron chi connectivity index (χ0n) is 21.3. The van der Waals surface area contributed by atoms with Gasteiger partial charge in [0.2, 0.25) is 5.91 Å². The molecule has 0 aliphatic carbocycles. The minimum Gasteiger partial charge on any atom is -0.353 e. The Hall–Kier alpha value is -4.80. The molecule has 1 unspecified atom stereocenters. The fourth-order valence-corrected chi connectivity index (χ4v) is 5.58. The topological polar surface area (TPSA) is 94.0 Å². The van der Waals surface area contributed by atoms with Crippen LogP contribution in [0.4, 0.5) is 11.4 Å². The minimum atomic E-state index is -0.579. The lowest BCUT2D eigenvalue weighted by Crippen LogP contribution is -2.31. The van der Waals surface area contributed by atoms with Crippen LogP contribution < -0.4 is 16.0 Å². The fourth-order valence-electron chi connectivity index (χ4n) is 4.68. The van der Waals surface area contributed by atoms with E-state index in [0.29, 0.717) is 27.6 Å². The lowest BCUT2D eigenvalue weighted by atomic mass is 9.82. The predicted octanol–water partition coefficient (Wildman–Crippen LogP) is 6.55. The average Bonchev–Trinajstić information content (AvgIpc) is 2.96. The van der Waals surface area contributed by atoms with Gasteiger partial charge < -0.3 is 16.0 Å². The van der Waals surface area contributed by atoms with Crippen molar-refractivity contribution < 1.29 is 9.59 Å². The summed E-state index contributed by atoms with van der Waals surface area (Å²) in [5, 5.41) is 22.0. The summed E-state index contributed by atoms with van der Waals surface area (Å²) in [5.41, 5.74) is 3.73. The van der Waals surface area contributed by atoms with Crippen LogP contribution in [0, 0.1) is 11.3 Å². The molecule has 39 heavy (non-hydrogen) atoms. The first kappa shape index (κ1) is 25.8. The molecule has 0 saturated carbocycles. The van der Waals surface area contributed by atoms with E-state index >= 15 is 0 Å². The third kappa shape index (κ3) is 5.71. The van der Waals surface area contributed by atoms with Gasteiger partial charge in [-0.2, -0.15) is 5.26 Å². The molecule has 1 atom stereocenters. The SMILES string of the molecule is CC1=C(C(=O)Nc2ccccc2)C(c2ccccc2)C(C#N)=C(SCC(=O)Nc2cccc3ccccc23)N1. The van der Waals surface area contributed by atoms with E-state index in [1.54, 1.807) is 0 Å². The average molecular weight is 531 g/mol. The van der Waals surface area contributed by atoms with Gasteiger partial charge in [-0.25, -0.2) is 0 Å². The van der Waals surface area contributed by atoms with E-state index in [9.17, 15) is 14.9 Å². The number of thioether (sulfide) groups is 1. The maximum Gasteiger partial charge on any atom is 0.254 e. The Bertz CT molecular complexity index is 1630. The van der Waals surface area contributed by atoms with Crippen LogP contribution in [-0.2, 0) is 9.59 Å². The summed E-state index contributed by atoms with van der Waals surface area (Å²) in [5.74, 6) is -0.958. The van der Waals surface area contributed by atoms with Gasteiger partial charge in [-0.3, -0.25) is 9.59 Å². The Morgan fingerprint density at radius 1 is 0.872 bits per heavy atom. The minimum absolute atomic E-state index is 0.0943. The molecule has 0 bridgehead atoms. The summed E-state index contributed by atoms with van der Waals surface area (Å²) in [6.45, 7) is 1.82. The van der Waals surface area contributed by atoms with Gasteiger partial charge in [-0.1, -0.05) is 96.7 Å². The molecule has 0 fully saturated rings. The van der Waals surface area contributed by atoms with E-state index < -0.39 is 5.92 Å². The molecule has 192 valence electrons. The Labute approximate surface area is 231 Å². The van der Waals surface area contributed by atoms with Crippen molar-refractivity contribution in [3.63, 3.8) is 0 Å². The summed E-state index contributed by atoms with van der Waals surface area (Å²) in [6.07, 6.45) is 0. The van der Waals surface area contributed by atoms with Crippen molar-refractivity contribution in [2.75, 3.05) is 16.4 Å². The normalized spacial score (nSPS) is 14.9. The van der Waals surface area contributed by atoms with Crippen molar-refractivity contribution in [1.82, 2.24) is 5.32 Å². The van der Waals surface area contributed by atoms with Gasteiger partial charge in [0.1, 0.15) is 0 Å². The molecule has 0 radical (unpaired) electrons. The quantitative estimate of drug-likeness (QED) is 0.252. The van der Waals surface area contributed by atoms with Gasteiger partial charge in [0.15, 0.2) is 0 Å². The summed E-state index contributed by atoms with van der Waals surface area (Å²) in [4.78, 5) is 26.5. The molecule has 4 aromatic carbocycles. The van der Waals surface area contributed by atoms with Crippen LogP contribution in [0.15, 0.2) is 125 Å². The highest BCUT2D eigenvalue weighted by atomic mass is 32.2. The second kappa shape index (κ2) is 11.7. The Balaban J connectivity index is 1.40. The third-order valence-electron chi connectivity index (χ3n) is 6.47. The van der Waals surface area contributed by atoms with E-state index in [4.69, 9.17) is 0 Å². The van der Waals surface area contributed by atoms with Crippen LogP contribution in [0.2, 0.25) is 0 Å². The van der Waals surface area contributed by atoms with Crippen molar-refractivity contribution in [1.29, 1.82) is 5.26 Å². The number of anilines is 2. The lowest BCUT2D eigenvalue weighted by Gasteiger charge is -2.30. The maximum atomic E-state index is 13.5. The largest absolute Gasteiger partial charge is 0.353 e. The molecule has 1 aliphatic rings. The second-order valence-corrected chi connectivity index (χ2v) is 10.0. The molecule has 0 saturated heterocycles. The van der Waals surface area contributed by atoms with Gasteiger partial charge in [-0.15, -0.1) is 0 Å². The number of dihydropyridines is 1. The maximum absolute atomic E-state index is 13.5. The standard InChI is InChI=1S/C32H26N4O2S/c1-21-29(31(38)35-24-15-6-3-7-16-24)30(23-12-4-2-5-13-23)26(19-33)32(34-21)39-20-28(37)36-27-18-10-14-22-11-8-9-17-25(22)27/h2-18,30,34H,20H2,1H3,(H,35,38)(H,36,37). The molecule has 2 amide bonds. The van der Waals surface area contributed by atoms with E-state index in [0.717, 1.165) is 22.0 Å². The third-order valence-corrected chi connectivity index (χ3v) is 7.49. The fraction of sp³-hybridized carbons (Fsp3) is 0.0938. The van der Waals surface area contributed by atoms with Gasteiger partial charge >= 0.3 is 0 Å². The first-order valence-corrected chi connectivity index (χ1v) is 13.5. The molecule has 1 aliphatic heterocycles. The lowest BCUT2D eigenvalue weighted by molar-refractivity contribution is -0.114. The summed E-state index contributed by atoms with van der Waals surface area (Å²) in [7, 11) is 0. The number of fused-ring (bicyclic) bond motifs is 1. The molecular formula is C32H26N4O2S. The summed E-state index contributed by atoms with van der Waals surface area (Å²) in [6, 6.07) is 34.7. The van der Waals surface area contributed by atoms with E-state index in [1.165, 1.54) is 11.8 Å². The number of benzene rings is 4. The zero-order chi connectivity index (χ0) is 27.2. The highest BCUT2D eigenvalue weighted by Crippen LogP contribution is 2.41. The zero-order valence-corrected chi connectivity index (χ0v) is 22.1. The molecule has 6 nitrogen and oxygen atoms in total. The highest BCUT2D eigenvalue weighted by Gasteiger charge is 2.34. The number of hydrogen-bond donors (Lipinski definition) is 3. The molecule has 0 aromatic heterocycles. The van der Waals surface area contributed by atoms with Gasteiger partial charge in [-0.05, 0) is 36.1 Å². The number of amides is 2. The van der Waals surface area contributed by atoms with Crippen molar-refractivity contribution in [3.8, 4) is 6.07 Å². The first-order chi connectivity index (χ1) is 19.0. The molecule has 4 aromatic rings. The number of rotatable bonds is 7. The van der Waals surface area contributed by atoms with Crippen LogP contribution in [0.3, 0.4) is 0 Å². The number of nitrogens with one attached hydrogen (secondary N) is 3. The van der Waals surface area contributed by atoms with Crippen molar-refractivity contribution in [3.05, 3.63) is 131 Å². The van der Waals surface area contributed by atoms with Crippen LogP contribution in [0.5, 0.6) is 0 Å². The number of nitrogens with zero attached hydrogens (tertiary/aromatic N) is 1. The Kier molecular flexibility index (Phi) is 7.76. The van der Waals surface area contributed by atoms with Crippen LogP contribution in [0.1, 0.15) is 18.4 Å². The highest BCUT2D eigenvalue weighted by molar-refractivity contribution is 8.03. The monoisotopic (exact) mass is 530 g/mol. The Morgan fingerprint density at radius 2 is 1.54 bits per heavy atom. The van der Waals surface area contributed by atoms with Crippen molar-refractivity contribution >= 4 is 45.7 Å². The van der Waals surface area contributed by atoms with Crippen molar-refractivity contribution in [2.24, 2.45) is 0 Å². The Morgan fingerprint density at radius 3 is 2.28 bits per heavy atom. The van der Waals surface area contributed by atoms with Crippen molar-refractivity contribution in [2.45, 2.75) is 12.8 Å². The van der Waals surface area contributed by atoms with Crippen LogP contribution >= 0.6 is 11.8 Å². The van der Waals surface area contributed by atoms with Gasteiger partial charge in [0, 0.05) is 28.0 Å². The number of para-hydroxylation sites is 1. The van der Waals surface area contributed by atoms with Gasteiger partial charge in [0.25, 0.3) is 5.91 Å². The molecule has 3 N–H and O–H groups in total. The van der Waals surface area contributed by atoms with Crippen LogP contribution in [0.25, 0.3) is 10.8 Å². The molecule has 0 spiro atoms. The predicted molar refractivity (Wildman–Crippen MR) is 158 cm³/mol. The number of hydrogen-bond acceptors (Lipinski definition) is 5. The summed E-state index contributed by atoms with van der Waals surface area (Å²) < 4.78 is 0. The molecule has 5 rings (SSSR count). The van der Waals surface area contributed by atoms with Crippen LogP contribution in [-0.4, -0.2) is 17.6 Å². The first-order valence-electron chi connectivity index (χ1n) is 12.5. The van der Waals surface area contributed by atoms with Gasteiger partial charge in [0.05, 0.1) is 28.3 Å². The number of nitriles is 1. The number of carbonyl (C=O) groups is 2. The molecular weight excluding hydrogens is 504 g/mol. The van der Waals surface area contributed by atoms with E-state index in [1.807, 2.05) is 110 Å². The van der Waals surface area contributed by atoms with E-state index in [2.05, 4.69) is 22.0 Å². The molecule has 7 heteroatoms. The number of allylic oxidation sites excluding steroid dienone is 2. The number of carbonyl (C=O) groups excluding carboxylic acids is 2. The smallest absolute Gasteiger partial charge is 0.254 e. The summed E-state index contributed by atoms with van der Waals surface area (Å²) >= 11 is 1.25. The molecule has 1 heterocycles. The second-order valence-electron chi connectivity index (χ2n) is 9.05.